The summed E-state index contributed by atoms with van der Waals surface area (Å²) in [4.78, 5) is 17.3. The molecule has 0 saturated heterocycles. The molecule has 3 aromatic rings. The van der Waals surface area contributed by atoms with Gasteiger partial charge in [0.1, 0.15) is 5.82 Å². The minimum atomic E-state index is -3.69. The predicted molar refractivity (Wildman–Crippen MR) is 119 cm³/mol. The van der Waals surface area contributed by atoms with Gasteiger partial charge in [-0.2, -0.15) is 4.72 Å². The Bertz CT molecular complexity index is 1210. The molecular formula is C23H22N4O3S. The SMILES string of the molecule is C#CCNS(=O)(=O)c1ccc(C(=O)Nc2ccc(-c3cn4c(n3)CCCC4)cc2)cc1. The number of benzene rings is 2. The molecule has 2 N–H and O–H groups in total. The van der Waals surface area contributed by atoms with Crippen molar-refractivity contribution in [1.82, 2.24) is 14.3 Å². The second kappa shape index (κ2) is 8.76. The summed E-state index contributed by atoms with van der Waals surface area (Å²) in [5.41, 5.74) is 2.92. The standard InChI is InChI=1S/C23H22N4O3S/c1-2-14-24-31(29,30)20-12-8-18(9-13-20)23(28)25-19-10-6-17(7-11-19)21-16-27-15-4-3-5-22(27)26-21/h1,6-13,16,24H,3-5,14-15H2,(H,25,28). The zero-order valence-electron chi connectivity index (χ0n) is 16.8. The average molecular weight is 435 g/mol. The van der Waals surface area contributed by atoms with Crippen LogP contribution in [0.4, 0.5) is 5.69 Å². The van der Waals surface area contributed by atoms with E-state index in [0.717, 1.165) is 30.0 Å². The lowest BCUT2D eigenvalue weighted by Crippen LogP contribution is -2.24. The van der Waals surface area contributed by atoms with Crippen molar-refractivity contribution >= 4 is 21.6 Å². The highest BCUT2D eigenvalue weighted by molar-refractivity contribution is 7.89. The summed E-state index contributed by atoms with van der Waals surface area (Å²) in [5.74, 6) is 3.01. The summed E-state index contributed by atoms with van der Waals surface area (Å²) in [6.07, 6.45) is 10.5. The highest BCUT2D eigenvalue weighted by Crippen LogP contribution is 2.24. The van der Waals surface area contributed by atoms with Gasteiger partial charge >= 0.3 is 0 Å². The van der Waals surface area contributed by atoms with Crippen LogP contribution in [-0.2, 0) is 23.0 Å². The molecule has 1 aliphatic heterocycles. The second-order valence-electron chi connectivity index (χ2n) is 7.28. The van der Waals surface area contributed by atoms with Crippen LogP contribution in [0.25, 0.3) is 11.3 Å². The summed E-state index contributed by atoms with van der Waals surface area (Å²) in [5, 5.41) is 2.82. The first-order chi connectivity index (χ1) is 15.0. The van der Waals surface area contributed by atoms with Gasteiger partial charge in [0, 0.05) is 36.0 Å². The molecule has 0 atom stereocenters. The van der Waals surface area contributed by atoms with Crippen molar-refractivity contribution in [1.29, 1.82) is 0 Å². The maximum atomic E-state index is 12.5. The Kier molecular flexibility index (Phi) is 5.89. The van der Waals surface area contributed by atoms with Crippen molar-refractivity contribution in [3.63, 3.8) is 0 Å². The lowest BCUT2D eigenvalue weighted by Gasteiger charge is -2.11. The summed E-state index contributed by atoms with van der Waals surface area (Å²) in [7, 11) is -3.69. The number of hydrogen-bond donors (Lipinski definition) is 2. The molecule has 1 aliphatic rings. The Morgan fingerprint density at radius 3 is 2.52 bits per heavy atom. The molecule has 158 valence electrons. The number of aromatic nitrogens is 2. The molecule has 8 heteroatoms. The zero-order valence-corrected chi connectivity index (χ0v) is 17.7. The van der Waals surface area contributed by atoms with Gasteiger partial charge in [0.2, 0.25) is 10.0 Å². The summed E-state index contributed by atoms with van der Waals surface area (Å²) in [6.45, 7) is 0.915. The van der Waals surface area contributed by atoms with Gasteiger partial charge in [0.05, 0.1) is 17.1 Å². The molecule has 0 unspecified atom stereocenters. The fourth-order valence-corrected chi connectivity index (χ4v) is 4.42. The van der Waals surface area contributed by atoms with Crippen LogP contribution >= 0.6 is 0 Å². The number of aryl methyl sites for hydroxylation is 2. The lowest BCUT2D eigenvalue weighted by molar-refractivity contribution is 0.102. The van der Waals surface area contributed by atoms with E-state index in [1.807, 2.05) is 24.3 Å². The molecule has 4 rings (SSSR count). The molecule has 0 radical (unpaired) electrons. The van der Waals surface area contributed by atoms with E-state index in [9.17, 15) is 13.2 Å². The molecule has 31 heavy (non-hydrogen) atoms. The lowest BCUT2D eigenvalue weighted by atomic mass is 10.1. The van der Waals surface area contributed by atoms with Crippen molar-refractivity contribution in [2.75, 3.05) is 11.9 Å². The van der Waals surface area contributed by atoms with Crippen molar-refractivity contribution in [2.45, 2.75) is 30.7 Å². The Labute approximate surface area is 181 Å². The van der Waals surface area contributed by atoms with Gasteiger partial charge in [-0.15, -0.1) is 6.42 Å². The average Bonchev–Trinajstić information content (AvgIpc) is 3.22. The fraction of sp³-hybridized carbons (Fsp3) is 0.217. The van der Waals surface area contributed by atoms with Crippen LogP contribution in [-0.4, -0.2) is 30.4 Å². The van der Waals surface area contributed by atoms with Crippen molar-refractivity contribution < 1.29 is 13.2 Å². The molecule has 1 aromatic heterocycles. The van der Waals surface area contributed by atoms with Gasteiger partial charge in [-0.1, -0.05) is 18.1 Å². The number of sulfonamides is 1. The number of nitrogens with zero attached hydrogens (tertiary/aromatic N) is 2. The first-order valence-corrected chi connectivity index (χ1v) is 11.5. The van der Waals surface area contributed by atoms with Crippen LogP contribution in [0.1, 0.15) is 29.0 Å². The van der Waals surface area contributed by atoms with E-state index in [1.165, 1.54) is 37.1 Å². The van der Waals surface area contributed by atoms with E-state index in [0.29, 0.717) is 11.3 Å². The first-order valence-electron chi connectivity index (χ1n) is 9.97. The van der Waals surface area contributed by atoms with Crippen LogP contribution in [0.2, 0.25) is 0 Å². The number of fused-ring (bicyclic) bond motifs is 1. The van der Waals surface area contributed by atoms with Gasteiger partial charge in [-0.3, -0.25) is 4.79 Å². The monoisotopic (exact) mass is 434 g/mol. The molecule has 0 spiro atoms. The van der Waals surface area contributed by atoms with Gasteiger partial charge in [0.15, 0.2) is 0 Å². The molecule has 2 aromatic carbocycles. The van der Waals surface area contributed by atoms with E-state index in [-0.39, 0.29) is 17.3 Å². The molecule has 0 aliphatic carbocycles. The predicted octanol–water partition coefficient (Wildman–Crippen LogP) is 3.05. The normalized spacial score (nSPS) is 13.3. The number of carbonyl (C=O) groups excluding carboxylic acids is 1. The molecule has 0 fully saturated rings. The van der Waals surface area contributed by atoms with Gasteiger partial charge in [-0.05, 0) is 49.2 Å². The Balaban J connectivity index is 1.43. The Hall–Kier alpha value is -3.41. The number of nitrogens with one attached hydrogen (secondary N) is 2. The number of carbonyl (C=O) groups is 1. The number of hydrogen-bond acceptors (Lipinski definition) is 4. The third-order valence-electron chi connectivity index (χ3n) is 5.14. The number of rotatable bonds is 6. The molecule has 2 heterocycles. The Morgan fingerprint density at radius 1 is 1.10 bits per heavy atom. The second-order valence-corrected chi connectivity index (χ2v) is 9.04. The van der Waals surface area contributed by atoms with Gasteiger partial charge in [-0.25, -0.2) is 13.4 Å². The van der Waals surface area contributed by atoms with E-state index in [1.54, 1.807) is 0 Å². The molecule has 1 amide bonds. The highest BCUT2D eigenvalue weighted by Gasteiger charge is 2.15. The minimum Gasteiger partial charge on any atom is -0.334 e. The quantitative estimate of drug-likeness (QED) is 0.583. The van der Waals surface area contributed by atoms with Crippen LogP contribution in [0.3, 0.4) is 0 Å². The molecule has 0 bridgehead atoms. The van der Waals surface area contributed by atoms with Crippen LogP contribution in [0.5, 0.6) is 0 Å². The van der Waals surface area contributed by atoms with Crippen LogP contribution < -0.4 is 10.0 Å². The van der Waals surface area contributed by atoms with Crippen molar-refractivity contribution in [3.8, 4) is 23.6 Å². The van der Waals surface area contributed by atoms with Gasteiger partial charge < -0.3 is 9.88 Å². The maximum absolute atomic E-state index is 12.5. The number of anilines is 1. The number of imidazole rings is 1. The highest BCUT2D eigenvalue weighted by atomic mass is 32.2. The van der Waals surface area contributed by atoms with Crippen molar-refractivity contribution in [3.05, 3.63) is 66.1 Å². The van der Waals surface area contributed by atoms with E-state index < -0.39 is 10.0 Å². The summed E-state index contributed by atoms with van der Waals surface area (Å²) in [6, 6.07) is 13.2. The maximum Gasteiger partial charge on any atom is 0.255 e. The van der Waals surface area contributed by atoms with E-state index in [4.69, 9.17) is 11.4 Å². The van der Waals surface area contributed by atoms with Gasteiger partial charge in [0.25, 0.3) is 5.91 Å². The fourth-order valence-electron chi connectivity index (χ4n) is 3.48. The van der Waals surface area contributed by atoms with E-state index >= 15 is 0 Å². The van der Waals surface area contributed by atoms with Crippen LogP contribution in [0, 0.1) is 12.3 Å². The number of amides is 1. The smallest absolute Gasteiger partial charge is 0.255 e. The first kappa shape index (κ1) is 20.8. The molecule has 7 nitrogen and oxygen atoms in total. The molecule has 0 saturated carbocycles. The third kappa shape index (κ3) is 4.68. The topological polar surface area (TPSA) is 93.1 Å². The van der Waals surface area contributed by atoms with Crippen LogP contribution in [0.15, 0.2) is 59.6 Å². The molecular weight excluding hydrogens is 412 g/mol. The minimum absolute atomic E-state index is 0.0476. The number of terminal acetylenes is 1. The third-order valence-corrected chi connectivity index (χ3v) is 6.56. The van der Waals surface area contributed by atoms with E-state index in [2.05, 4.69) is 26.7 Å². The summed E-state index contributed by atoms with van der Waals surface area (Å²) >= 11 is 0. The largest absolute Gasteiger partial charge is 0.334 e. The Morgan fingerprint density at radius 2 is 1.84 bits per heavy atom. The summed E-state index contributed by atoms with van der Waals surface area (Å²) < 4.78 is 28.6. The zero-order chi connectivity index (χ0) is 21.8. The van der Waals surface area contributed by atoms with Crippen molar-refractivity contribution in [2.24, 2.45) is 0 Å².